The van der Waals surface area contributed by atoms with Crippen molar-refractivity contribution in [3.05, 3.63) is 28.8 Å². The Labute approximate surface area is 108 Å². The lowest BCUT2D eigenvalue weighted by Gasteiger charge is -2.11. The third-order valence-electron chi connectivity index (χ3n) is 2.37. The average Bonchev–Trinajstić information content (AvgIpc) is 2.32. The van der Waals surface area contributed by atoms with Gasteiger partial charge in [-0.15, -0.1) is 0 Å². The summed E-state index contributed by atoms with van der Waals surface area (Å²) in [5, 5.41) is 0.645. The van der Waals surface area contributed by atoms with Crippen LogP contribution >= 0.6 is 11.6 Å². The number of hydrogen-bond donors (Lipinski definition) is 1. The van der Waals surface area contributed by atoms with E-state index in [0.717, 1.165) is 17.7 Å². The third kappa shape index (κ3) is 5.39. The van der Waals surface area contributed by atoms with Gasteiger partial charge in [0.1, 0.15) is 5.75 Å². The summed E-state index contributed by atoms with van der Waals surface area (Å²) in [6, 6.07) is 5.74. The molecule has 0 heterocycles. The molecule has 2 N–H and O–H groups in total. The number of aryl methyl sites for hydroxylation is 1. The number of ether oxygens (including phenoxy) is 2. The van der Waals surface area contributed by atoms with Crippen LogP contribution in [0.2, 0.25) is 5.02 Å². The number of halogens is 1. The van der Waals surface area contributed by atoms with Crippen molar-refractivity contribution in [3.63, 3.8) is 0 Å². The Kier molecular flexibility index (Phi) is 6.34. The van der Waals surface area contributed by atoms with Crippen molar-refractivity contribution in [2.75, 3.05) is 19.8 Å². The fourth-order valence-corrected chi connectivity index (χ4v) is 1.49. The summed E-state index contributed by atoms with van der Waals surface area (Å²) in [6.07, 6.45) is 0.937. The van der Waals surface area contributed by atoms with Crippen LogP contribution in [0, 0.1) is 6.92 Å². The Morgan fingerprint density at radius 2 is 2.12 bits per heavy atom. The van der Waals surface area contributed by atoms with E-state index in [1.807, 2.05) is 32.0 Å². The van der Waals surface area contributed by atoms with Crippen LogP contribution in [0.3, 0.4) is 0 Å². The first-order valence-corrected chi connectivity index (χ1v) is 6.22. The highest BCUT2D eigenvalue weighted by Crippen LogP contribution is 2.25. The van der Waals surface area contributed by atoms with E-state index in [-0.39, 0.29) is 6.10 Å². The number of rotatable bonds is 7. The molecule has 0 spiro atoms. The Hall–Kier alpha value is -0.770. The summed E-state index contributed by atoms with van der Waals surface area (Å²) < 4.78 is 11.0. The summed E-state index contributed by atoms with van der Waals surface area (Å²) >= 11 is 6.01. The van der Waals surface area contributed by atoms with Crippen molar-refractivity contribution in [1.82, 2.24) is 0 Å². The second-order valence-corrected chi connectivity index (χ2v) is 4.46. The molecular formula is C13H20ClNO2. The summed E-state index contributed by atoms with van der Waals surface area (Å²) in [6.45, 7) is 5.76. The van der Waals surface area contributed by atoms with Crippen LogP contribution in [-0.4, -0.2) is 25.9 Å². The molecule has 1 atom stereocenters. The minimum absolute atomic E-state index is 0.109. The normalized spacial score (nSPS) is 12.5. The number of benzene rings is 1. The second kappa shape index (κ2) is 7.54. The zero-order valence-electron chi connectivity index (χ0n) is 10.4. The van der Waals surface area contributed by atoms with Gasteiger partial charge >= 0.3 is 0 Å². The van der Waals surface area contributed by atoms with Crippen molar-refractivity contribution >= 4 is 11.6 Å². The number of nitrogens with two attached hydrogens (primary N) is 1. The largest absolute Gasteiger partial charge is 0.492 e. The predicted octanol–water partition coefficient (Wildman–Crippen LogP) is 2.78. The molecule has 17 heavy (non-hydrogen) atoms. The minimum atomic E-state index is 0.109. The molecule has 0 fully saturated rings. The molecule has 1 aromatic carbocycles. The standard InChI is InChI=1S/C13H20ClNO2/c1-10-4-5-12(14)13(8-10)17-7-3-6-16-11(2)9-15/h4-5,8,11H,3,6-7,9,15H2,1-2H3. The zero-order chi connectivity index (χ0) is 12.7. The minimum Gasteiger partial charge on any atom is -0.492 e. The maximum atomic E-state index is 6.01. The van der Waals surface area contributed by atoms with Gasteiger partial charge in [-0.2, -0.15) is 0 Å². The van der Waals surface area contributed by atoms with Crippen LogP contribution in [0.4, 0.5) is 0 Å². The van der Waals surface area contributed by atoms with Crippen LogP contribution in [-0.2, 0) is 4.74 Å². The molecule has 4 heteroatoms. The van der Waals surface area contributed by atoms with Gasteiger partial charge in [0.15, 0.2) is 0 Å². The second-order valence-electron chi connectivity index (χ2n) is 4.05. The van der Waals surface area contributed by atoms with Crippen molar-refractivity contribution in [3.8, 4) is 5.75 Å². The molecule has 0 bridgehead atoms. The van der Waals surface area contributed by atoms with Crippen molar-refractivity contribution in [2.24, 2.45) is 5.73 Å². The van der Waals surface area contributed by atoms with Gasteiger partial charge < -0.3 is 15.2 Å². The molecule has 0 aliphatic rings. The molecule has 0 amide bonds. The molecular weight excluding hydrogens is 238 g/mol. The van der Waals surface area contributed by atoms with Crippen LogP contribution < -0.4 is 10.5 Å². The van der Waals surface area contributed by atoms with E-state index >= 15 is 0 Å². The monoisotopic (exact) mass is 257 g/mol. The lowest BCUT2D eigenvalue weighted by atomic mass is 10.2. The van der Waals surface area contributed by atoms with E-state index in [9.17, 15) is 0 Å². The molecule has 96 valence electrons. The van der Waals surface area contributed by atoms with E-state index in [1.165, 1.54) is 0 Å². The molecule has 0 saturated heterocycles. The van der Waals surface area contributed by atoms with Gasteiger partial charge in [0, 0.05) is 13.0 Å². The van der Waals surface area contributed by atoms with E-state index in [2.05, 4.69) is 0 Å². The zero-order valence-corrected chi connectivity index (χ0v) is 11.2. The smallest absolute Gasteiger partial charge is 0.138 e. The Balaban J connectivity index is 2.24. The van der Waals surface area contributed by atoms with Gasteiger partial charge in [0.2, 0.25) is 0 Å². The quantitative estimate of drug-likeness (QED) is 0.764. The maximum absolute atomic E-state index is 6.01. The van der Waals surface area contributed by atoms with Crippen LogP contribution in [0.1, 0.15) is 18.9 Å². The highest BCUT2D eigenvalue weighted by atomic mass is 35.5. The summed E-state index contributed by atoms with van der Waals surface area (Å²) in [5.74, 6) is 0.735. The van der Waals surface area contributed by atoms with E-state index in [1.54, 1.807) is 0 Å². The van der Waals surface area contributed by atoms with Gasteiger partial charge in [-0.05, 0) is 31.5 Å². The summed E-state index contributed by atoms with van der Waals surface area (Å²) in [4.78, 5) is 0. The van der Waals surface area contributed by atoms with Crippen LogP contribution in [0.25, 0.3) is 0 Å². The van der Waals surface area contributed by atoms with Gasteiger partial charge in [-0.1, -0.05) is 17.7 Å². The lowest BCUT2D eigenvalue weighted by molar-refractivity contribution is 0.0631. The summed E-state index contributed by atoms with van der Waals surface area (Å²) in [7, 11) is 0. The molecule has 0 aliphatic carbocycles. The highest BCUT2D eigenvalue weighted by molar-refractivity contribution is 6.32. The Bertz CT molecular complexity index is 344. The van der Waals surface area contributed by atoms with Gasteiger partial charge in [-0.25, -0.2) is 0 Å². The third-order valence-corrected chi connectivity index (χ3v) is 2.68. The first kappa shape index (κ1) is 14.3. The molecule has 1 rings (SSSR count). The van der Waals surface area contributed by atoms with E-state index < -0.39 is 0 Å². The molecule has 0 aromatic heterocycles. The van der Waals surface area contributed by atoms with Crippen molar-refractivity contribution in [2.45, 2.75) is 26.4 Å². The van der Waals surface area contributed by atoms with Gasteiger partial charge in [-0.3, -0.25) is 0 Å². The number of hydrogen-bond acceptors (Lipinski definition) is 3. The molecule has 1 aromatic rings. The molecule has 0 saturated carbocycles. The fourth-order valence-electron chi connectivity index (χ4n) is 1.31. The summed E-state index contributed by atoms with van der Waals surface area (Å²) in [5.41, 5.74) is 6.58. The van der Waals surface area contributed by atoms with Crippen molar-refractivity contribution in [1.29, 1.82) is 0 Å². The van der Waals surface area contributed by atoms with Gasteiger partial charge in [0.05, 0.1) is 24.3 Å². The molecule has 1 unspecified atom stereocenters. The highest BCUT2D eigenvalue weighted by Gasteiger charge is 2.02. The van der Waals surface area contributed by atoms with Crippen LogP contribution in [0.15, 0.2) is 18.2 Å². The van der Waals surface area contributed by atoms with Crippen molar-refractivity contribution < 1.29 is 9.47 Å². The predicted molar refractivity (Wildman–Crippen MR) is 70.8 cm³/mol. The van der Waals surface area contributed by atoms with Crippen LogP contribution in [0.5, 0.6) is 5.75 Å². The van der Waals surface area contributed by atoms with E-state index in [0.29, 0.717) is 24.8 Å². The topological polar surface area (TPSA) is 44.5 Å². The SMILES string of the molecule is Cc1ccc(Cl)c(OCCCOC(C)CN)c1. The average molecular weight is 258 g/mol. The lowest BCUT2D eigenvalue weighted by Crippen LogP contribution is -2.21. The molecule has 3 nitrogen and oxygen atoms in total. The molecule has 0 radical (unpaired) electrons. The Morgan fingerprint density at radius 1 is 1.35 bits per heavy atom. The first-order chi connectivity index (χ1) is 8.13. The van der Waals surface area contributed by atoms with E-state index in [4.69, 9.17) is 26.8 Å². The first-order valence-electron chi connectivity index (χ1n) is 5.84. The van der Waals surface area contributed by atoms with Gasteiger partial charge in [0.25, 0.3) is 0 Å². The Morgan fingerprint density at radius 3 is 2.82 bits per heavy atom. The fraction of sp³-hybridized carbons (Fsp3) is 0.538. The molecule has 0 aliphatic heterocycles. The maximum Gasteiger partial charge on any atom is 0.138 e.